The van der Waals surface area contributed by atoms with Crippen molar-refractivity contribution in [1.29, 1.82) is 0 Å². The van der Waals surface area contributed by atoms with E-state index < -0.39 is 6.09 Å². The second-order valence-electron chi connectivity index (χ2n) is 6.94. The molecule has 25 heavy (non-hydrogen) atoms. The number of carbonyl (C=O) groups is 1. The minimum atomic E-state index is -0.426. The molecule has 1 heterocycles. The van der Waals surface area contributed by atoms with Gasteiger partial charge in [0.1, 0.15) is 0 Å². The molecular formula is C20H27N3O2. The van der Waals surface area contributed by atoms with Crippen LogP contribution < -0.4 is 10.6 Å². The minimum Gasteiger partial charge on any atom is -0.449 e. The van der Waals surface area contributed by atoms with Gasteiger partial charge in [-0.15, -0.1) is 6.58 Å². The number of anilines is 1. The highest BCUT2D eigenvalue weighted by atomic mass is 16.5. The lowest BCUT2D eigenvalue weighted by molar-refractivity contribution is 0.164. The van der Waals surface area contributed by atoms with E-state index in [1.165, 1.54) is 16.6 Å². The normalized spacial score (nSPS) is 16.7. The van der Waals surface area contributed by atoms with Crippen molar-refractivity contribution in [2.75, 3.05) is 11.9 Å². The summed E-state index contributed by atoms with van der Waals surface area (Å²) in [7, 11) is 0. The molecule has 0 saturated carbocycles. The molecule has 3 N–H and O–H groups in total. The Labute approximate surface area is 148 Å². The summed E-state index contributed by atoms with van der Waals surface area (Å²) in [6.45, 7) is 8.33. The van der Waals surface area contributed by atoms with Crippen LogP contribution in [-0.4, -0.2) is 29.8 Å². The van der Waals surface area contributed by atoms with E-state index in [1.54, 1.807) is 6.08 Å². The lowest BCUT2D eigenvalue weighted by Crippen LogP contribution is -2.38. The molecule has 1 aromatic heterocycles. The first-order valence-corrected chi connectivity index (χ1v) is 9.01. The first kappa shape index (κ1) is 17.5. The van der Waals surface area contributed by atoms with Crippen LogP contribution in [-0.2, 0) is 17.6 Å². The molecule has 1 aliphatic carbocycles. The van der Waals surface area contributed by atoms with Crippen LogP contribution in [0.4, 0.5) is 10.5 Å². The molecule has 0 radical (unpaired) electrons. The standard InChI is InChI=1S/C20H27N3O2/c1-4-5-10-25-20(24)22-15-7-9-19-17(12-15)16-11-14(21-13(2)3)6-8-18(16)23-19/h4,7,9,12-14,21,23H,1,5-6,8,10-11H2,2-3H3,(H,22,24). The summed E-state index contributed by atoms with van der Waals surface area (Å²) < 4.78 is 5.11. The van der Waals surface area contributed by atoms with E-state index in [0.29, 0.717) is 25.1 Å². The quantitative estimate of drug-likeness (QED) is 0.546. The average molecular weight is 341 g/mol. The van der Waals surface area contributed by atoms with E-state index in [0.717, 1.165) is 30.5 Å². The van der Waals surface area contributed by atoms with Gasteiger partial charge in [0.2, 0.25) is 0 Å². The van der Waals surface area contributed by atoms with Gasteiger partial charge >= 0.3 is 6.09 Å². The van der Waals surface area contributed by atoms with Crippen LogP contribution in [0.3, 0.4) is 0 Å². The summed E-state index contributed by atoms with van der Waals surface area (Å²) in [5.74, 6) is 0. The molecule has 1 atom stereocenters. The van der Waals surface area contributed by atoms with Crippen molar-refractivity contribution in [3.8, 4) is 0 Å². The van der Waals surface area contributed by atoms with Crippen molar-refractivity contribution in [3.05, 3.63) is 42.1 Å². The molecule has 0 spiro atoms. The molecule has 5 heteroatoms. The highest BCUT2D eigenvalue weighted by Gasteiger charge is 2.23. The monoisotopic (exact) mass is 341 g/mol. The van der Waals surface area contributed by atoms with E-state index in [-0.39, 0.29) is 0 Å². The van der Waals surface area contributed by atoms with Crippen LogP contribution in [0.25, 0.3) is 10.9 Å². The molecule has 1 aromatic carbocycles. The van der Waals surface area contributed by atoms with Gasteiger partial charge in [0.25, 0.3) is 0 Å². The van der Waals surface area contributed by atoms with Crippen LogP contribution >= 0.6 is 0 Å². The number of aromatic nitrogens is 1. The molecule has 1 aliphatic rings. The maximum atomic E-state index is 11.8. The molecule has 3 rings (SSSR count). The van der Waals surface area contributed by atoms with Crippen molar-refractivity contribution in [2.45, 2.75) is 51.6 Å². The Hall–Kier alpha value is -2.27. The van der Waals surface area contributed by atoms with Crippen LogP contribution in [0.1, 0.15) is 37.9 Å². The number of amides is 1. The third-order valence-corrected chi connectivity index (χ3v) is 4.56. The fraction of sp³-hybridized carbons (Fsp3) is 0.450. The zero-order valence-corrected chi connectivity index (χ0v) is 15.0. The van der Waals surface area contributed by atoms with Crippen molar-refractivity contribution in [2.24, 2.45) is 0 Å². The maximum absolute atomic E-state index is 11.8. The van der Waals surface area contributed by atoms with Crippen LogP contribution in [0, 0.1) is 0 Å². The predicted molar refractivity (Wildman–Crippen MR) is 102 cm³/mol. The number of benzene rings is 1. The molecule has 1 amide bonds. The first-order valence-electron chi connectivity index (χ1n) is 9.01. The Morgan fingerprint density at radius 1 is 1.48 bits per heavy atom. The Balaban J connectivity index is 1.76. The number of hydrogen-bond donors (Lipinski definition) is 3. The van der Waals surface area contributed by atoms with Gasteiger partial charge in [-0.05, 0) is 49.4 Å². The summed E-state index contributed by atoms with van der Waals surface area (Å²) >= 11 is 0. The SMILES string of the molecule is C=CCCOC(=O)Nc1ccc2[nH]c3c(c2c1)CC(NC(C)C)CC3. The van der Waals surface area contributed by atoms with Gasteiger partial charge in [-0.3, -0.25) is 5.32 Å². The van der Waals surface area contributed by atoms with Gasteiger partial charge in [0, 0.05) is 34.4 Å². The van der Waals surface area contributed by atoms with E-state index in [1.807, 2.05) is 18.2 Å². The van der Waals surface area contributed by atoms with Crippen LogP contribution in [0.2, 0.25) is 0 Å². The van der Waals surface area contributed by atoms with Crippen molar-refractivity contribution < 1.29 is 9.53 Å². The number of carbonyl (C=O) groups excluding carboxylic acids is 1. The fourth-order valence-electron chi connectivity index (χ4n) is 3.50. The molecule has 1 unspecified atom stereocenters. The van der Waals surface area contributed by atoms with E-state index in [2.05, 4.69) is 36.0 Å². The van der Waals surface area contributed by atoms with Gasteiger partial charge in [0.15, 0.2) is 0 Å². The highest BCUT2D eigenvalue weighted by molar-refractivity contribution is 5.92. The fourth-order valence-corrected chi connectivity index (χ4v) is 3.50. The Bertz CT molecular complexity index is 764. The maximum Gasteiger partial charge on any atom is 0.411 e. The summed E-state index contributed by atoms with van der Waals surface area (Å²) in [6.07, 6.45) is 5.18. The largest absolute Gasteiger partial charge is 0.449 e. The van der Waals surface area contributed by atoms with Gasteiger partial charge < -0.3 is 15.0 Å². The van der Waals surface area contributed by atoms with E-state index >= 15 is 0 Å². The molecule has 2 aromatic rings. The van der Waals surface area contributed by atoms with Crippen molar-refractivity contribution >= 4 is 22.7 Å². The molecule has 134 valence electrons. The molecular weight excluding hydrogens is 314 g/mol. The summed E-state index contributed by atoms with van der Waals surface area (Å²) in [5, 5.41) is 7.64. The molecule has 0 aliphatic heterocycles. The number of aromatic amines is 1. The lowest BCUT2D eigenvalue weighted by atomic mass is 9.91. The zero-order valence-electron chi connectivity index (χ0n) is 15.0. The second-order valence-corrected chi connectivity index (χ2v) is 6.94. The smallest absolute Gasteiger partial charge is 0.411 e. The Morgan fingerprint density at radius 3 is 3.08 bits per heavy atom. The first-order chi connectivity index (χ1) is 12.1. The summed E-state index contributed by atoms with van der Waals surface area (Å²) in [6, 6.07) is 6.96. The third kappa shape index (κ3) is 4.23. The van der Waals surface area contributed by atoms with E-state index in [9.17, 15) is 4.79 Å². The molecule has 0 bridgehead atoms. The number of nitrogens with one attached hydrogen (secondary N) is 3. The topological polar surface area (TPSA) is 66.1 Å². The van der Waals surface area contributed by atoms with Crippen molar-refractivity contribution in [3.63, 3.8) is 0 Å². The molecule has 0 fully saturated rings. The number of ether oxygens (including phenoxy) is 1. The predicted octanol–water partition coefficient (Wildman–Crippen LogP) is 4.15. The van der Waals surface area contributed by atoms with Gasteiger partial charge in [-0.2, -0.15) is 0 Å². The van der Waals surface area contributed by atoms with E-state index in [4.69, 9.17) is 4.74 Å². The van der Waals surface area contributed by atoms with Gasteiger partial charge in [-0.25, -0.2) is 4.79 Å². The molecule has 0 saturated heterocycles. The second kappa shape index (κ2) is 7.74. The third-order valence-electron chi connectivity index (χ3n) is 4.56. The summed E-state index contributed by atoms with van der Waals surface area (Å²) in [5.41, 5.74) is 4.57. The number of rotatable bonds is 6. The number of hydrogen-bond acceptors (Lipinski definition) is 3. The molecule has 5 nitrogen and oxygen atoms in total. The minimum absolute atomic E-state index is 0.347. The number of H-pyrrole nitrogens is 1. The Kier molecular flexibility index (Phi) is 5.43. The summed E-state index contributed by atoms with van der Waals surface area (Å²) in [4.78, 5) is 15.4. The van der Waals surface area contributed by atoms with Crippen molar-refractivity contribution in [1.82, 2.24) is 10.3 Å². The zero-order chi connectivity index (χ0) is 17.8. The lowest BCUT2D eigenvalue weighted by Gasteiger charge is -2.25. The average Bonchev–Trinajstić information content (AvgIpc) is 2.92. The Morgan fingerprint density at radius 2 is 2.32 bits per heavy atom. The van der Waals surface area contributed by atoms with Gasteiger partial charge in [-0.1, -0.05) is 19.9 Å². The number of aryl methyl sites for hydroxylation is 1. The van der Waals surface area contributed by atoms with Crippen LogP contribution in [0.15, 0.2) is 30.9 Å². The van der Waals surface area contributed by atoms with Crippen LogP contribution in [0.5, 0.6) is 0 Å². The van der Waals surface area contributed by atoms with Gasteiger partial charge in [0.05, 0.1) is 6.61 Å². The number of fused-ring (bicyclic) bond motifs is 3. The highest BCUT2D eigenvalue weighted by Crippen LogP contribution is 2.31.